The number of rotatable bonds is 5. The van der Waals surface area contributed by atoms with Crippen molar-refractivity contribution in [1.82, 2.24) is 0 Å². The van der Waals surface area contributed by atoms with Crippen molar-refractivity contribution in [2.24, 2.45) is 0 Å². The molecule has 0 saturated carbocycles. The summed E-state index contributed by atoms with van der Waals surface area (Å²) in [6.07, 6.45) is 2.14. The molecule has 20 heavy (non-hydrogen) atoms. The Morgan fingerprint density at radius 1 is 1.35 bits per heavy atom. The largest absolute Gasteiger partial charge is 0.504 e. The molecule has 0 atom stereocenters. The lowest BCUT2D eigenvalue weighted by Gasteiger charge is -2.23. The van der Waals surface area contributed by atoms with Crippen LogP contribution in [0.3, 0.4) is 0 Å². The summed E-state index contributed by atoms with van der Waals surface area (Å²) in [4.78, 5) is 8.43. The van der Waals surface area contributed by atoms with Crippen molar-refractivity contribution in [3.05, 3.63) is 29.8 Å². The van der Waals surface area contributed by atoms with E-state index in [1.807, 2.05) is 0 Å². The predicted octanol–water partition coefficient (Wildman–Crippen LogP) is 1.49. The van der Waals surface area contributed by atoms with Crippen LogP contribution in [-0.2, 0) is 14.9 Å². The molecule has 0 spiro atoms. The Balaban J connectivity index is 3.03. The van der Waals surface area contributed by atoms with Crippen molar-refractivity contribution in [3.8, 4) is 11.5 Å². The molecule has 1 aromatic rings. The minimum Gasteiger partial charge on any atom is -0.504 e. The van der Waals surface area contributed by atoms with E-state index in [2.05, 4.69) is 0 Å². The molecule has 0 saturated heterocycles. The normalized spacial score (nSPS) is 12.6. The standard InChI is InChI=1S/C12H14O7S/c1-12(2,20(16,17)18)19-10-5-3-8(7-9(10)13)4-6-11(14)15/h3-7,13H,1-2H3,(H,14,15)(H,16,17,18)/b6-4+. The molecule has 0 bridgehead atoms. The third-order valence-corrected chi connectivity index (χ3v) is 3.70. The van der Waals surface area contributed by atoms with Crippen molar-refractivity contribution < 1.29 is 32.7 Å². The third-order valence-electron chi connectivity index (χ3n) is 2.38. The van der Waals surface area contributed by atoms with Crippen LogP contribution >= 0.6 is 0 Å². The Hall–Kier alpha value is -2.06. The van der Waals surface area contributed by atoms with E-state index >= 15 is 0 Å². The van der Waals surface area contributed by atoms with Crippen LogP contribution in [0.5, 0.6) is 11.5 Å². The average Bonchev–Trinajstić information content (AvgIpc) is 2.28. The van der Waals surface area contributed by atoms with Gasteiger partial charge in [0.1, 0.15) is 0 Å². The number of aromatic hydroxyl groups is 1. The predicted molar refractivity (Wildman–Crippen MR) is 71.0 cm³/mol. The Morgan fingerprint density at radius 2 is 1.95 bits per heavy atom. The molecule has 0 aliphatic carbocycles. The minimum absolute atomic E-state index is 0.153. The van der Waals surface area contributed by atoms with Gasteiger partial charge in [0.05, 0.1) is 0 Å². The number of aliphatic carboxylic acids is 1. The molecule has 3 N–H and O–H groups in total. The zero-order valence-corrected chi connectivity index (χ0v) is 11.6. The minimum atomic E-state index is -4.47. The molecule has 0 heterocycles. The van der Waals surface area contributed by atoms with Gasteiger partial charge in [-0.25, -0.2) is 4.79 Å². The summed E-state index contributed by atoms with van der Waals surface area (Å²) < 4.78 is 36.2. The summed E-state index contributed by atoms with van der Waals surface area (Å²) in [6.45, 7) is 2.25. The molecule has 0 aromatic heterocycles. The Bertz CT molecular complexity index is 644. The highest BCUT2D eigenvalue weighted by Gasteiger charge is 2.35. The smallest absolute Gasteiger partial charge is 0.328 e. The van der Waals surface area contributed by atoms with Gasteiger partial charge in [-0.3, -0.25) is 4.55 Å². The topological polar surface area (TPSA) is 121 Å². The maximum atomic E-state index is 11.1. The summed E-state index contributed by atoms with van der Waals surface area (Å²) in [5.74, 6) is -1.67. The molecule has 0 aliphatic heterocycles. The van der Waals surface area contributed by atoms with E-state index in [0.717, 1.165) is 19.9 Å². The van der Waals surface area contributed by atoms with E-state index in [-0.39, 0.29) is 11.5 Å². The lowest BCUT2D eigenvalue weighted by molar-refractivity contribution is -0.131. The maximum absolute atomic E-state index is 11.1. The summed E-state index contributed by atoms with van der Waals surface area (Å²) in [5, 5.41) is 18.2. The van der Waals surface area contributed by atoms with Gasteiger partial charge in [0.15, 0.2) is 11.5 Å². The van der Waals surface area contributed by atoms with E-state index in [0.29, 0.717) is 5.56 Å². The zero-order chi connectivity index (χ0) is 15.6. The second-order valence-electron chi connectivity index (χ2n) is 4.38. The van der Waals surface area contributed by atoms with E-state index in [4.69, 9.17) is 14.4 Å². The SMILES string of the molecule is CC(C)(Oc1ccc(/C=C/C(=O)O)cc1O)S(=O)(=O)O. The van der Waals surface area contributed by atoms with Crippen LogP contribution in [0.4, 0.5) is 0 Å². The van der Waals surface area contributed by atoms with Crippen LogP contribution < -0.4 is 4.74 Å². The number of hydrogen-bond donors (Lipinski definition) is 3. The maximum Gasteiger partial charge on any atom is 0.328 e. The van der Waals surface area contributed by atoms with Gasteiger partial charge in [-0.2, -0.15) is 8.42 Å². The lowest BCUT2D eigenvalue weighted by Crippen LogP contribution is -2.37. The zero-order valence-electron chi connectivity index (χ0n) is 10.8. The van der Waals surface area contributed by atoms with E-state index < -0.39 is 21.0 Å². The molecular weight excluding hydrogens is 288 g/mol. The molecule has 0 amide bonds. The number of carboxylic acids is 1. The molecule has 1 rings (SSSR count). The number of benzene rings is 1. The van der Waals surface area contributed by atoms with Crippen molar-refractivity contribution in [2.75, 3.05) is 0 Å². The van der Waals surface area contributed by atoms with Crippen molar-refractivity contribution in [3.63, 3.8) is 0 Å². The van der Waals surface area contributed by atoms with Crippen LogP contribution in [0, 0.1) is 0 Å². The van der Waals surface area contributed by atoms with E-state index in [1.54, 1.807) is 0 Å². The molecule has 0 unspecified atom stereocenters. The van der Waals surface area contributed by atoms with Gasteiger partial charge < -0.3 is 14.9 Å². The first-order valence-electron chi connectivity index (χ1n) is 5.43. The van der Waals surface area contributed by atoms with Crippen molar-refractivity contribution in [1.29, 1.82) is 0 Å². The van der Waals surface area contributed by atoms with Crippen LogP contribution in [0.25, 0.3) is 6.08 Å². The lowest BCUT2D eigenvalue weighted by atomic mass is 10.2. The van der Waals surface area contributed by atoms with Gasteiger partial charge in [0, 0.05) is 6.08 Å². The fraction of sp³-hybridized carbons (Fsp3) is 0.250. The monoisotopic (exact) mass is 302 g/mol. The molecule has 7 nitrogen and oxygen atoms in total. The quantitative estimate of drug-likeness (QED) is 0.556. The molecule has 1 aromatic carbocycles. The third kappa shape index (κ3) is 3.97. The second-order valence-corrected chi connectivity index (χ2v) is 6.31. The van der Waals surface area contributed by atoms with Gasteiger partial charge in [-0.15, -0.1) is 0 Å². The van der Waals surface area contributed by atoms with Gasteiger partial charge in [-0.1, -0.05) is 6.07 Å². The number of carboxylic acid groups (broad SMARTS) is 1. The highest BCUT2D eigenvalue weighted by Crippen LogP contribution is 2.31. The second kappa shape index (κ2) is 5.51. The molecule has 110 valence electrons. The summed E-state index contributed by atoms with van der Waals surface area (Å²) >= 11 is 0. The highest BCUT2D eigenvalue weighted by atomic mass is 32.2. The number of carbonyl (C=O) groups is 1. The first-order valence-corrected chi connectivity index (χ1v) is 6.87. The van der Waals surface area contributed by atoms with Crippen molar-refractivity contribution in [2.45, 2.75) is 18.8 Å². The van der Waals surface area contributed by atoms with Crippen LogP contribution in [-0.4, -0.2) is 34.1 Å². The van der Waals surface area contributed by atoms with E-state index in [1.165, 1.54) is 24.3 Å². The number of hydrogen-bond acceptors (Lipinski definition) is 5. The molecule has 0 aliphatic rings. The Labute approximate surface area is 115 Å². The van der Waals surface area contributed by atoms with Crippen molar-refractivity contribution >= 4 is 22.2 Å². The fourth-order valence-corrected chi connectivity index (χ4v) is 1.40. The van der Waals surface area contributed by atoms with Gasteiger partial charge >= 0.3 is 16.1 Å². The first-order chi connectivity index (χ1) is 9.03. The van der Waals surface area contributed by atoms with Gasteiger partial charge in [-0.05, 0) is 37.6 Å². The average molecular weight is 302 g/mol. The Morgan fingerprint density at radius 3 is 2.40 bits per heavy atom. The first kappa shape index (κ1) is 16.0. The number of ether oxygens (including phenoxy) is 1. The summed E-state index contributed by atoms with van der Waals surface area (Å²) in [6, 6.07) is 3.90. The van der Waals surface area contributed by atoms with Crippen LogP contribution in [0.2, 0.25) is 0 Å². The van der Waals surface area contributed by atoms with Gasteiger partial charge in [0.25, 0.3) is 0 Å². The molecule has 8 heteroatoms. The number of phenolic OH excluding ortho intramolecular Hbond substituents is 1. The summed E-state index contributed by atoms with van der Waals surface area (Å²) in [5.41, 5.74) is 0.391. The highest BCUT2D eigenvalue weighted by molar-refractivity contribution is 7.87. The summed E-state index contributed by atoms with van der Waals surface area (Å²) in [7, 11) is -4.47. The van der Waals surface area contributed by atoms with Crippen LogP contribution in [0.15, 0.2) is 24.3 Å². The molecular formula is C12H14O7S. The van der Waals surface area contributed by atoms with Crippen LogP contribution in [0.1, 0.15) is 19.4 Å². The van der Waals surface area contributed by atoms with E-state index in [9.17, 15) is 18.3 Å². The molecule has 0 fully saturated rings. The van der Waals surface area contributed by atoms with Gasteiger partial charge in [0.2, 0.25) is 4.93 Å². The fourth-order valence-electron chi connectivity index (χ4n) is 1.21. The molecule has 0 radical (unpaired) electrons. The number of phenols is 1. The Kier molecular flexibility index (Phi) is 4.41.